The van der Waals surface area contributed by atoms with E-state index in [0.717, 1.165) is 42.2 Å². The molecule has 0 spiro atoms. The minimum Gasteiger partial charge on any atom is -0.497 e. The quantitative estimate of drug-likeness (QED) is 0.392. The van der Waals surface area contributed by atoms with Crippen molar-refractivity contribution in [3.8, 4) is 17.2 Å². The van der Waals surface area contributed by atoms with Gasteiger partial charge >= 0.3 is 5.69 Å². The van der Waals surface area contributed by atoms with Gasteiger partial charge in [0.15, 0.2) is 5.82 Å². The van der Waals surface area contributed by atoms with Gasteiger partial charge in [-0.05, 0) is 37.0 Å². The Morgan fingerprint density at radius 2 is 2.06 bits per heavy atom. The number of hydrogen-bond donors (Lipinski definition) is 0. The zero-order valence-corrected chi connectivity index (χ0v) is 18.4. The van der Waals surface area contributed by atoms with Crippen molar-refractivity contribution in [2.45, 2.75) is 39.2 Å². The first-order valence-corrected chi connectivity index (χ1v) is 10.7. The molecule has 0 aliphatic rings. The van der Waals surface area contributed by atoms with Gasteiger partial charge in [-0.2, -0.15) is 0 Å². The molecule has 4 rings (SSSR count). The van der Waals surface area contributed by atoms with Crippen LogP contribution in [-0.4, -0.2) is 31.4 Å². The van der Waals surface area contributed by atoms with Crippen molar-refractivity contribution in [2.75, 3.05) is 7.11 Å². The van der Waals surface area contributed by atoms with Gasteiger partial charge in [0.2, 0.25) is 5.89 Å². The Kier molecular flexibility index (Phi) is 6.34. The van der Waals surface area contributed by atoms with E-state index in [1.54, 1.807) is 18.7 Å². The first kappa shape index (κ1) is 21.7. The summed E-state index contributed by atoms with van der Waals surface area (Å²) in [5.41, 5.74) is 1.96. The molecule has 4 aromatic rings. The molecule has 3 heterocycles. The topological polar surface area (TPSA) is 88.0 Å². The summed E-state index contributed by atoms with van der Waals surface area (Å²) in [6.45, 7) is 2.75. The lowest BCUT2D eigenvalue weighted by atomic mass is 9.99. The van der Waals surface area contributed by atoms with Crippen molar-refractivity contribution in [2.24, 2.45) is 13.0 Å². The standard InChI is InChI=1S/C23H26FN5O3/c1-4-15(14-29-20-12-16(31-3)8-9-19(20)28(2)23(29)30)6-5-7-21-26-27-22(32-21)17-10-11-25-13-18(17)24/h8-13,15H,4-7,14H2,1-3H3/t15-/m1/s1. The van der Waals surface area contributed by atoms with Gasteiger partial charge in [-0.25, -0.2) is 9.18 Å². The summed E-state index contributed by atoms with van der Waals surface area (Å²) in [6.07, 6.45) is 5.85. The number of halogens is 1. The van der Waals surface area contributed by atoms with Crippen LogP contribution in [-0.2, 0) is 20.0 Å². The third-order valence-corrected chi connectivity index (χ3v) is 5.84. The zero-order chi connectivity index (χ0) is 22.7. The molecule has 1 aromatic carbocycles. The van der Waals surface area contributed by atoms with Crippen molar-refractivity contribution in [3.05, 3.63) is 58.9 Å². The Hall–Kier alpha value is -3.49. The van der Waals surface area contributed by atoms with Crippen LogP contribution in [0.2, 0.25) is 0 Å². The summed E-state index contributed by atoms with van der Waals surface area (Å²) in [6, 6.07) is 7.18. The number of nitrogens with zero attached hydrogens (tertiary/aromatic N) is 5. The number of pyridine rings is 1. The van der Waals surface area contributed by atoms with Crippen LogP contribution in [0.15, 0.2) is 45.9 Å². The first-order chi connectivity index (χ1) is 15.5. The van der Waals surface area contributed by atoms with E-state index in [9.17, 15) is 9.18 Å². The molecule has 0 unspecified atom stereocenters. The monoisotopic (exact) mass is 439 g/mol. The number of rotatable bonds is 9. The number of ether oxygens (including phenoxy) is 1. The highest BCUT2D eigenvalue weighted by molar-refractivity contribution is 5.77. The minimum atomic E-state index is -0.495. The Balaban J connectivity index is 1.43. The van der Waals surface area contributed by atoms with E-state index in [1.165, 1.54) is 12.3 Å². The highest BCUT2D eigenvalue weighted by Crippen LogP contribution is 2.24. The van der Waals surface area contributed by atoms with Crippen LogP contribution in [0.25, 0.3) is 22.5 Å². The van der Waals surface area contributed by atoms with Gasteiger partial charge in [0.25, 0.3) is 5.89 Å². The molecule has 0 N–H and O–H groups in total. The van der Waals surface area contributed by atoms with E-state index in [-0.39, 0.29) is 17.1 Å². The molecule has 0 fully saturated rings. The van der Waals surface area contributed by atoms with E-state index < -0.39 is 5.82 Å². The zero-order valence-electron chi connectivity index (χ0n) is 18.4. The highest BCUT2D eigenvalue weighted by atomic mass is 19.1. The summed E-state index contributed by atoms with van der Waals surface area (Å²) in [5.74, 6) is 1.17. The molecular formula is C23H26FN5O3. The Bertz CT molecular complexity index is 1280. The van der Waals surface area contributed by atoms with Crippen molar-refractivity contribution >= 4 is 11.0 Å². The predicted molar refractivity (Wildman–Crippen MR) is 118 cm³/mol. The van der Waals surface area contributed by atoms with Crippen LogP contribution < -0.4 is 10.4 Å². The lowest BCUT2D eigenvalue weighted by molar-refractivity contribution is 0.380. The number of aryl methyl sites for hydroxylation is 2. The number of hydrogen-bond acceptors (Lipinski definition) is 6. The maximum Gasteiger partial charge on any atom is 0.328 e. The van der Waals surface area contributed by atoms with Crippen molar-refractivity contribution < 1.29 is 13.5 Å². The maximum absolute atomic E-state index is 13.9. The van der Waals surface area contributed by atoms with Gasteiger partial charge in [-0.3, -0.25) is 14.1 Å². The van der Waals surface area contributed by atoms with Crippen LogP contribution in [0.1, 0.15) is 32.1 Å². The fourth-order valence-corrected chi connectivity index (χ4v) is 3.93. The molecule has 0 amide bonds. The molecule has 0 radical (unpaired) electrons. The second kappa shape index (κ2) is 9.33. The van der Waals surface area contributed by atoms with E-state index in [0.29, 0.717) is 24.8 Å². The van der Waals surface area contributed by atoms with Gasteiger partial charge in [0.05, 0.1) is 29.9 Å². The Labute approximate surface area is 184 Å². The molecule has 0 bridgehead atoms. The number of aromatic nitrogens is 5. The average molecular weight is 439 g/mol. The average Bonchev–Trinajstić information content (AvgIpc) is 3.37. The van der Waals surface area contributed by atoms with Crippen molar-refractivity contribution in [3.63, 3.8) is 0 Å². The van der Waals surface area contributed by atoms with Gasteiger partial charge < -0.3 is 9.15 Å². The van der Waals surface area contributed by atoms with Crippen LogP contribution >= 0.6 is 0 Å². The second-order valence-corrected chi connectivity index (χ2v) is 7.83. The van der Waals surface area contributed by atoms with Gasteiger partial charge in [0.1, 0.15) is 5.75 Å². The number of imidazole rings is 1. The van der Waals surface area contributed by atoms with Crippen molar-refractivity contribution in [1.82, 2.24) is 24.3 Å². The molecule has 1 atom stereocenters. The maximum atomic E-state index is 13.9. The molecule has 8 nitrogen and oxygen atoms in total. The largest absolute Gasteiger partial charge is 0.497 e. The highest BCUT2D eigenvalue weighted by Gasteiger charge is 2.17. The van der Waals surface area contributed by atoms with Crippen LogP contribution in [0, 0.1) is 11.7 Å². The molecule has 0 saturated heterocycles. The summed E-state index contributed by atoms with van der Waals surface area (Å²) in [7, 11) is 3.40. The number of fused-ring (bicyclic) bond motifs is 1. The lowest BCUT2D eigenvalue weighted by Gasteiger charge is -2.15. The second-order valence-electron chi connectivity index (χ2n) is 7.83. The molecule has 32 heavy (non-hydrogen) atoms. The van der Waals surface area contributed by atoms with E-state index in [2.05, 4.69) is 22.1 Å². The minimum absolute atomic E-state index is 0.0346. The van der Waals surface area contributed by atoms with Gasteiger partial charge in [0, 0.05) is 32.3 Å². The van der Waals surface area contributed by atoms with E-state index in [4.69, 9.17) is 9.15 Å². The van der Waals surface area contributed by atoms with E-state index in [1.807, 2.05) is 22.8 Å². The van der Waals surface area contributed by atoms with E-state index >= 15 is 0 Å². The third-order valence-electron chi connectivity index (χ3n) is 5.84. The molecule has 0 aliphatic carbocycles. The molecule has 0 aliphatic heterocycles. The summed E-state index contributed by atoms with van der Waals surface area (Å²) in [4.78, 5) is 16.5. The lowest BCUT2D eigenvalue weighted by Crippen LogP contribution is -2.25. The summed E-state index contributed by atoms with van der Waals surface area (Å²) in [5, 5.41) is 7.99. The molecular weight excluding hydrogens is 413 g/mol. The van der Waals surface area contributed by atoms with Crippen molar-refractivity contribution in [1.29, 1.82) is 0 Å². The first-order valence-electron chi connectivity index (χ1n) is 10.7. The number of methoxy groups -OCH3 is 1. The smallest absolute Gasteiger partial charge is 0.328 e. The van der Waals surface area contributed by atoms with Crippen LogP contribution in [0.3, 0.4) is 0 Å². The summed E-state index contributed by atoms with van der Waals surface area (Å²) < 4.78 is 28.3. The van der Waals surface area contributed by atoms with Gasteiger partial charge in [-0.15, -0.1) is 10.2 Å². The van der Waals surface area contributed by atoms with Crippen LogP contribution in [0.4, 0.5) is 4.39 Å². The predicted octanol–water partition coefficient (Wildman–Crippen LogP) is 3.98. The normalized spacial score (nSPS) is 12.4. The molecule has 9 heteroatoms. The Morgan fingerprint density at radius 1 is 1.22 bits per heavy atom. The van der Waals surface area contributed by atoms with Gasteiger partial charge in [-0.1, -0.05) is 13.3 Å². The Morgan fingerprint density at radius 3 is 2.81 bits per heavy atom. The third kappa shape index (κ3) is 4.28. The fourth-order valence-electron chi connectivity index (χ4n) is 3.93. The molecule has 0 saturated carbocycles. The van der Waals surface area contributed by atoms with Crippen LogP contribution in [0.5, 0.6) is 5.75 Å². The molecule has 168 valence electrons. The molecule has 3 aromatic heterocycles. The fraction of sp³-hybridized carbons (Fsp3) is 0.391. The SMILES string of the molecule is CC[C@H](CCCc1nnc(-c2ccncc2F)o1)Cn1c(=O)n(C)c2ccc(OC)cc21. The number of benzene rings is 1. The summed E-state index contributed by atoms with van der Waals surface area (Å²) >= 11 is 0.